The van der Waals surface area contributed by atoms with E-state index in [1.54, 1.807) is 14.2 Å². The predicted molar refractivity (Wildman–Crippen MR) is 118 cm³/mol. The second-order valence-electron chi connectivity index (χ2n) is 7.16. The molecule has 30 heavy (non-hydrogen) atoms. The average molecular weight is 405 g/mol. The van der Waals surface area contributed by atoms with Gasteiger partial charge >= 0.3 is 5.97 Å². The van der Waals surface area contributed by atoms with Crippen LogP contribution >= 0.6 is 0 Å². The maximum absolute atomic E-state index is 13.2. The molecule has 3 rings (SSSR count). The summed E-state index contributed by atoms with van der Waals surface area (Å²) in [5.74, 6) is 0.611. The van der Waals surface area contributed by atoms with Crippen molar-refractivity contribution >= 4 is 5.97 Å². The summed E-state index contributed by atoms with van der Waals surface area (Å²) in [5.41, 5.74) is 4.10. The van der Waals surface area contributed by atoms with Gasteiger partial charge in [0.05, 0.1) is 26.7 Å². The lowest BCUT2D eigenvalue weighted by molar-refractivity contribution is -0.145. The molecular weight excluding hydrogens is 376 g/mol. The molecule has 4 nitrogen and oxygen atoms in total. The molecule has 0 bridgehead atoms. The van der Waals surface area contributed by atoms with E-state index in [-0.39, 0.29) is 11.9 Å². The average Bonchev–Trinajstić information content (AvgIpc) is 2.78. The predicted octanol–water partition coefficient (Wildman–Crippen LogP) is 5.49. The summed E-state index contributed by atoms with van der Waals surface area (Å²) in [5, 5.41) is 0. The van der Waals surface area contributed by atoms with Crippen molar-refractivity contribution in [2.24, 2.45) is 0 Å². The van der Waals surface area contributed by atoms with Crippen LogP contribution in [0.15, 0.2) is 72.8 Å². The zero-order valence-corrected chi connectivity index (χ0v) is 17.9. The number of carbonyl (C=O) groups excluding carboxylic acids is 1. The fraction of sp³-hybridized carbons (Fsp3) is 0.269. The molecule has 0 amide bonds. The standard InChI is InChI=1S/C26H28O4/c1-5-30-26(27)25(21-8-6-18(2)7-9-21)24(19-10-14-22(28-3)15-11-19)20-12-16-23(29-4)17-13-20/h6-17,24-25H,5H2,1-4H3. The van der Waals surface area contributed by atoms with E-state index in [0.717, 1.165) is 33.8 Å². The van der Waals surface area contributed by atoms with Crippen LogP contribution in [0.1, 0.15) is 41.0 Å². The minimum atomic E-state index is -0.479. The van der Waals surface area contributed by atoms with Crippen molar-refractivity contribution in [3.63, 3.8) is 0 Å². The van der Waals surface area contributed by atoms with Crippen molar-refractivity contribution in [3.8, 4) is 11.5 Å². The highest BCUT2D eigenvalue weighted by Crippen LogP contribution is 2.40. The molecule has 1 unspecified atom stereocenters. The topological polar surface area (TPSA) is 44.8 Å². The molecule has 4 heteroatoms. The quantitative estimate of drug-likeness (QED) is 0.466. The maximum atomic E-state index is 13.2. The molecule has 0 aromatic heterocycles. The van der Waals surface area contributed by atoms with Crippen molar-refractivity contribution in [3.05, 3.63) is 95.1 Å². The molecular formula is C26H28O4. The summed E-state index contributed by atoms with van der Waals surface area (Å²) in [6.45, 7) is 4.20. The Hall–Kier alpha value is -3.27. The zero-order chi connectivity index (χ0) is 21.5. The third-order valence-electron chi connectivity index (χ3n) is 5.26. The van der Waals surface area contributed by atoms with Crippen molar-refractivity contribution in [1.82, 2.24) is 0 Å². The summed E-state index contributed by atoms with van der Waals surface area (Å²) >= 11 is 0. The van der Waals surface area contributed by atoms with Crippen LogP contribution < -0.4 is 9.47 Å². The van der Waals surface area contributed by atoms with E-state index in [1.165, 1.54) is 0 Å². The molecule has 0 heterocycles. The maximum Gasteiger partial charge on any atom is 0.314 e. The molecule has 0 aliphatic rings. The Bertz CT molecular complexity index is 896. The minimum Gasteiger partial charge on any atom is -0.497 e. The van der Waals surface area contributed by atoms with Crippen LogP contribution in [0.4, 0.5) is 0 Å². The Kier molecular flexibility index (Phi) is 7.12. The molecule has 0 saturated carbocycles. The van der Waals surface area contributed by atoms with Gasteiger partial charge in [-0.25, -0.2) is 0 Å². The molecule has 0 aliphatic carbocycles. The first kappa shape index (κ1) is 21.4. The third-order valence-corrected chi connectivity index (χ3v) is 5.26. The van der Waals surface area contributed by atoms with Crippen LogP contribution in [0, 0.1) is 6.92 Å². The van der Waals surface area contributed by atoms with E-state index < -0.39 is 5.92 Å². The number of hydrogen-bond donors (Lipinski definition) is 0. The van der Waals surface area contributed by atoms with Crippen molar-refractivity contribution in [2.45, 2.75) is 25.7 Å². The minimum absolute atomic E-state index is 0.219. The monoisotopic (exact) mass is 404 g/mol. The first-order chi connectivity index (χ1) is 14.6. The number of esters is 1. The van der Waals surface area contributed by atoms with E-state index in [0.29, 0.717) is 6.61 Å². The summed E-state index contributed by atoms with van der Waals surface area (Å²) in [7, 11) is 3.29. The van der Waals surface area contributed by atoms with Crippen molar-refractivity contribution in [1.29, 1.82) is 0 Å². The smallest absolute Gasteiger partial charge is 0.314 e. The van der Waals surface area contributed by atoms with E-state index in [2.05, 4.69) is 0 Å². The van der Waals surface area contributed by atoms with Gasteiger partial charge < -0.3 is 14.2 Å². The van der Waals surface area contributed by atoms with Crippen LogP contribution in [-0.4, -0.2) is 26.8 Å². The number of rotatable bonds is 8. The first-order valence-corrected chi connectivity index (χ1v) is 10.1. The fourth-order valence-corrected chi connectivity index (χ4v) is 3.67. The van der Waals surface area contributed by atoms with Gasteiger partial charge in [-0.2, -0.15) is 0 Å². The van der Waals surface area contributed by atoms with Gasteiger partial charge in [-0.15, -0.1) is 0 Å². The largest absolute Gasteiger partial charge is 0.497 e. The van der Waals surface area contributed by atoms with E-state index in [9.17, 15) is 4.79 Å². The second-order valence-corrected chi connectivity index (χ2v) is 7.16. The normalized spacial score (nSPS) is 11.8. The summed E-state index contributed by atoms with van der Waals surface area (Å²) in [6, 6.07) is 23.8. The molecule has 0 N–H and O–H groups in total. The number of aryl methyl sites for hydroxylation is 1. The molecule has 1 atom stereocenters. The van der Waals surface area contributed by atoms with Crippen LogP contribution in [0.25, 0.3) is 0 Å². The van der Waals surface area contributed by atoms with Crippen LogP contribution in [0.3, 0.4) is 0 Å². The number of benzene rings is 3. The van der Waals surface area contributed by atoms with Gasteiger partial charge in [-0.1, -0.05) is 54.1 Å². The number of ether oxygens (including phenoxy) is 3. The van der Waals surface area contributed by atoms with Crippen LogP contribution in [-0.2, 0) is 9.53 Å². The van der Waals surface area contributed by atoms with E-state index >= 15 is 0 Å². The van der Waals surface area contributed by atoms with Crippen molar-refractivity contribution < 1.29 is 19.0 Å². The Balaban J connectivity index is 2.15. The number of hydrogen-bond acceptors (Lipinski definition) is 4. The Morgan fingerprint density at radius 3 is 1.57 bits per heavy atom. The highest BCUT2D eigenvalue weighted by atomic mass is 16.5. The molecule has 156 valence electrons. The molecule has 0 aliphatic heterocycles. The highest BCUT2D eigenvalue weighted by molar-refractivity contribution is 5.80. The lowest BCUT2D eigenvalue weighted by Gasteiger charge is -2.27. The molecule has 3 aromatic rings. The van der Waals surface area contributed by atoms with Gasteiger partial charge in [0.25, 0.3) is 0 Å². The Morgan fingerprint density at radius 1 is 0.733 bits per heavy atom. The van der Waals surface area contributed by atoms with Gasteiger partial charge in [0.1, 0.15) is 11.5 Å². The van der Waals surface area contributed by atoms with Crippen LogP contribution in [0.2, 0.25) is 0 Å². The van der Waals surface area contributed by atoms with Gasteiger partial charge in [0.2, 0.25) is 0 Å². The second kappa shape index (κ2) is 9.97. The molecule has 0 saturated heterocycles. The van der Waals surface area contributed by atoms with Gasteiger partial charge in [-0.3, -0.25) is 4.79 Å². The Labute approximate surface area is 178 Å². The number of carbonyl (C=O) groups is 1. The third kappa shape index (κ3) is 4.82. The van der Waals surface area contributed by atoms with Gasteiger partial charge in [0.15, 0.2) is 0 Å². The fourth-order valence-electron chi connectivity index (χ4n) is 3.67. The van der Waals surface area contributed by atoms with E-state index in [4.69, 9.17) is 14.2 Å². The van der Waals surface area contributed by atoms with Crippen molar-refractivity contribution in [2.75, 3.05) is 20.8 Å². The summed E-state index contributed by atoms with van der Waals surface area (Å²) in [6.07, 6.45) is 0. The van der Waals surface area contributed by atoms with Crippen LogP contribution in [0.5, 0.6) is 11.5 Å². The SMILES string of the molecule is CCOC(=O)C(c1ccc(C)cc1)C(c1ccc(OC)cc1)c1ccc(OC)cc1. The molecule has 0 radical (unpaired) electrons. The zero-order valence-electron chi connectivity index (χ0n) is 17.9. The lowest BCUT2D eigenvalue weighted by atomic mass is 9.77. The van der Waals surface area contributed by atoms with E-state index in [1.807, 2.05) is 86.6 Å². The van der Waals surface area contributed by atoms with Gasteiger partial charge in [0, 0.05) is 5.92 Å². The summed E-state index contributed by atoms with van der Waals surface area (Å²) in [4.78, 5) is 13.2. The summed E-state index contributed by atoms with van der Waals surface area (Å²) < 4.78 is 16.2. The first-order valence-electron chi connectivity index (χ1n) is 10.1. The Morgan fingerprint density at radius 2 is 1.17 bits per heavy atom. The van der Waals surface area contributed by atoms with Gasteiger partial charge in [-0.05, 0) is 54.8 Å². The molecule has 0 fully saturated rings. The molecule has 3 aromatic carbocycles. The highest BCUT2D eigenvalue weighted by Gasteiger charge is 2.33. The lowest BCUT2D eigenvalue weighted by Crippen LogP contribution is -2.24. The molecule has 0 spiro atoms. The number of methoxy groups -OCH3 is 2.